The molecular formula is C20H26N2O5. The minimum absolute atomic E-state index is 0.149. The van der Waals surface area contributed by atoms with Crippen LogP contribution in [0.4, 0.5) is 5.69 Å². The van der Waals surface area contributed by atoms with E-state index in [1.807, 2.05) is 19.9 Å². The van der Waals surface area contributed by atoms with Crippen molar-refractivity contribution in [1.29, 1.82) is 0 Å². The third-order valence-corrected chi connectivity index (χ3v) is 5.16. The first-order chi connectivity index (χ1) is 13.0. The molecule has 3 rings (SSSR count). The summed E-state index contributed by atoms with van der Waals surface area (Å²) in [5, 5.41) is 0. The van der Waals surface area contributed by atoms with Crippen molar-refractivity contribution in [3.63, 3.8) is 0 Å². The SMILES string of the molecule is C[C@H]1CCC[C@H](C)N1C(=O)COC(=O)CN1C(=O)CCOc2ccccc21. The third-order valence-electron chi connectivity index (χ3n) is 5.16. The second kappa shape index (κ2) is 8.41. The van der Waals surface area contributed by atoms with Crippen LogP contribution >= 0.6 is 0 Å². The first-order valence-electron chi connectivity index (χ1n) is 9.46. The lowest BCUT2D eigenvalue weighted by Crippen LogP contribution is -2.49. The smallest absolute Gasteiger partial charge is 0.326 e. The van der Waals surface area contributed by atoms with Crippen molar-refractivity contribution in [2.75, 3.05) is 24.7 Å². The number of rotatable bonds is 4. The van der Waals surface area contributed by atoms with Crippen molar-refractivity contribution in [2.24, 2.45) is 0 Å². The summed E-state index contributed by atoms with van der Waals surface area (Å²) in [5.74, 6) is -0.440. The third kappa shape index (κ3) is 4.40. The van der Waals surface area contributed by atoms with Crippen LogP contribution in [0.3, 0.4) is 0 Å². The summed E-state index contributed by atoms with van der Waals surface area (Å²) in [7, 11) is 0. The highest BCUT2D eigenvalue weighted by atomic mass is 16.5. The average Bonchev–Trinajstić information content (AvgIpc) is 2.79. The molecule has 0 saturated carbocycles. The molecule has 1 aromatic rings. The summed E-state index contributed by atoms with van der Waals surface area (Å²) in [4.78, 5) is 40.3. The van der Waals surface area contributed by atoms with Gasteiger partial charge in [0.1, 0.15) is 12.3 Å². The zero-order chi connectivity index (χ0) is 19.4. The van der Waals surface area contributed by atoms with Gasteiger partial charge in [0, 0.05) is 12.1 Å². The van der Waals surface area contributed by atoms with Gasteiger partial charge in [0.05, 0.1) is 18.7 Å². The second-order valence-electron chi connectivity index (χ2n) is 7.14. The van der Waals surface area contributed by atoms with E-state index in [-0.39, 0.29) is 50.1 Å². The number of benzene rings is 1. The highest BCUT2D eigenvalue weighted by Gasteiger charge is 2.30. The molecule has 0 bridgehead atoms. The molecule has 0 unspecified atom stereocenters. The van der Waals surface area contributed by atoms with Gasteiger partial charge < -0.3 is 14.4 Å². The van der Waals surface area contributed by atoms with Crippen molar-refractivity contribution in [3.8, 4) is 5.75 Å². The molecule has 2 atom stereocenters. The van der Waals surface area contributed by atoms with Crippen LogP contribution in [-0.4, -0.2) is 54.5 Å². The molecule has 2 aliphatic rings. The number of hydrogen-bond donors (Lipinski definition) is 0. The quantitative estimate of drug-likeness (QED) is 0.755. The van der Waals surface area contributed by atoms with Crippen LogP contribution in [0.15, 0.2) is 24.3 Å². The number of carbonyl (C=O) groups is 3. The number of hydrogen-bond acceptors (Lipinski definition) is 5. The summed E-state index contributed by atoms with van der Waals surface area (Å²) in [6, 6.07) is 7.38. The van der Waals surface area contributed by atoms with Crippen LogP contribution in [0.2, 0.25) is 0 Å². The van der Waals surface area contributed by atoms with E-state index >= 15 is 0 Å². The molecule has 0 aliphatic carbocycles. The summed E-state index contributed by atoms with van der Waals surface area (Å²) < 4.78 is 10.8. The zero-order valence-corrected chi connectivity index (χ0v) is 15.8. The van der Waals surface area contributed by atoms with Crippen LogP contribution in [-0.2, 0) is 19.1 Å². The average molecular weight is 374 g/mol. The Morgan fingerprint density at radius 2 is 1.89 bits per heavy atom. The van der Waals surface area contributed by atoms with Gasteiger partial charge in [-0.15, -0.1) is 0 Å². The zero-order valence-electron chi connectivity index (χ0n) is 15.8. The maximum Gasteiger partial charge on any atom is 0.326 e. The van der Waals surface area contributed by atoms with E-state index in [0.29, 0.717) is 11.4 Å². The Labute approximate surface area is 159 Å². The number of fused-ring (bicyclic) bond motifs is 1. The summed E-state index contributed by atoms with van der Waals surface area (Å²) >= 11 is 0. The molecule has 2 aliphatic heterocycles. The van der Waals surface area contributed by atoms with Crippen LogP contribution in [0.5, 0.6) is 5.75 Å². The number of esters is 1. The molecule has 0 spiro atoms. The minimum atomic E-state index is -0.606. The normalized spacial score (nSPS) is 22.5. The standard InChI is InChI=1S/C20H26N2O5/c1-14-6-5-7-15(2)22(14)19(24)13-27-20(25)12-21-16-8-3-4-9-17(16)26-11-10-18(21)23/h3-4,8-9,14-15H,5-7,10-13H2,1-2H3/t14-,15-/m0/s1. The van der Waals surface area contributed by atoms with Crippen molar-refractivity contribution < 1.29 is 23.9 Å². The topological polar surface area (TPSA) is 76.2 Å². The predicted molar refractivity (Wildman–Crippen MR) is 99.5 cm³/mol. The molecule has 0 N–H and O–H groups in total. The molecule has 0 radical (unpaired) electrons. The fourth-order valence-electron chi connectivity index (χ4n) is 3.80. The molecule has 1 aromatic carbocycles. The number of piperidine rings is 1. The Morgan fingerprint density at radius 1 is 1.19 bits per heavy atom. The highest BCUT2D eigenvalue weighted by molar-refractivity contribution is 5.99. The highest BCUT2D eigenvalue weighted by Crippen LogP contribution is 2.30. The molecule has 1 saturated heterocycles. The Hall–Kier alpha value is -2.57. The Balaban J connectivity index is 1.60. The fraction of sp³-hybridized carbons (Fsp3) is 0.550. The molecule has 0 aromatic heterocycles. The summed E-state index contributed by atoms with van der Waals surface area (Å²) in [6.07, 6.45) is 3.21. The molecule has 7 nitrogen and oxygen atoms in total. The Kier molecular flexibility index (Phi) is 5.98. The Bertz CT molecular complexity index is 710. The van der Waals surface area contributed by atoms with Gasteiger partial charge in [-0.1, -0.05) is 12.1 Å². The first kappa shape index (κ1) is 19.2. The minimum Gasteiger partial charge on any atom is -0.491 e. The molecule has 1 fully saturated rings. The van der Waals surface area contributed by atoms with Crippen LogP contribution in [0.25, 0.3) is 0 Å². The van der Waals surface area contributed by atoms with Crippen LogP contribution < -0.4 is 9.64 Å². The maximum absolute atomic E-state index is 12.5. The van der Waals surface area contributed by atoms with E-state index in [2.05, 4.69) is 0 Å². The van der Waals surface area contributed by atoms with Crippen LogP contribution in [0.1, 0.15) is 39.5 Å². The predicted octanol–water partition coefficient (Wildman–Crippen LogP) is 2.13. The van der Waals surface area contributed by atoms with Crippen molar-refractivity contribution in [2.45, 2.75) is 51.6 Å². The van der Waals surface area contributed by atoms with Gasteiger partial charge in [-0.05, 0) is 45.2 Å². The Morgan fingerprint density at radius 3 is 2.63 bits per heavy atom. The van der Waals surface area contributed by atoms with Crippen molar-refractivity contribution in [1.82, 2.24) is 4.90 Å². The molecule has 2 amide bonds. The number of likely N-dealkylation sites (tertiary alicyclic amines) is 1. The van der Waals surface area contributed by atoms with E-state index in [4.69, 9.17) is 9.47 Å². The van der Waals surface area contributed by atoms with Crippen molar-refractivity contribution >= 4 is 23.5 Å². The van der Waals surface area contributed by atoms with E-state index in [0.717, 1.165) is 19.3 Å². The molecule has 2 heterocycles. The summed E-state index contributed by atoms with van der Waals surface area (Å²) in [5.41, 5.74) is 0.543. The van der Waals surface area contributed by atoms with Gasteiger partial charge in [0.15, 0.2) is 6.61 Å². The van der Waals surface area contributed by atoms with Gasteiger partial charge in [0.25, 0.3) is 5.91 Å². The van der Waals surface area contributed by atoms with Crippen molar-refractivity contribution in [3.05, 3.63) is 24.3 Å². The monoisotopic (exact) mass is 374 g/mol. The number of ether oxygens (including phenoxy) is 2. The number of amides is 2. The number of anilines is 1. The molecular weight excluding hydrogens is 348 g/mol. The molecule has 7 heteroatoms. The van der Waals surface area contributed by atoms with Gasteiger partial charge >= 0.3 is 5.97 Å². The number of nitrogens with zero attached hydrogens (tertiary/aromatic N) is 2. The van der Waals surface area contributed by atoms with Gasteiger partial charge in [-0.25, -0.2) is 0 Å². The maximum atomic E-state index is 12.5. The largest absolute Gasteiger partial charge is 0.491 e. The van der Waals surface area contributed by atoms with Gasteiger partial charge in [-0.2, -0.15) is 0 Å². The van der Waals surface area contributed by atoms with E-state index in [9.17, 15) is 14.4 Å². The van der Waals surface area contributed by atoms with Gasteiger partial charge in [-0.3, -0.25) is 19.3 Å². The van der Waals surface area contributed by atoms with E-state index < -0.39 is 5.97 Å². The fourth-order valence-corrected chi connectivity index (χ4v) is 3.80. The number of carbonyl (C=O) groups excluding carboxylic acids is 3. The van der Waals surface area contributed by atoms with E-state index in [1.165, 1.54) is 4.90 Å². The first-order valence-corrected chi connectivity index (χ1v) is 9.46. The number of para-hydroxylation sites is 2. The van der Waals surface area contributed by atoms with Gasteiger partial charge in [0.2, 0.25) is 5.91 Å². The van der Waals surface area contributed by atoms with Crippen LogP contribution in [0, 0.1) is 0 Å². The lowest BCUT2D eigenvalue weighted by Gasteiger charge is -2.38. The second-order valence-corrected chi connectivity index (χ2v) is 7.14. The lowest BCUT2D eigenvalue weighted by atomic mass is 9.97. The summed E-state index contributed by atoms with van der Waals surface area (Å²) in [6.45, 7) is 3.76. The molecule has 27 heavy (non-hydrogen) atoms. The molecule has 146 valence electrons. The van der Waals surface area contributed by atoms with E-state index in [1.54, 1.807) is 23.1 Å². The lowest BCUT2D eigenvalue weighted by molar-refractivity contribution is -0.154.